The van der Waals surface area contributed by atoms with Crippen molar-refractivity contribution in [3.8, 4) is 11.5 Å². The van der Waals surface area contributed by atoms with Crippen molar-refractivity contribution < 1.29 is 23.4 Å². The van der Waals surface area contributed by atoms with Gasteiger partial charge in [0.15, 0.2) is 0 Å². The maximum atomic E-state index is 11.9. The van der Waals surface area contributed by atoms with E-state index in [2.05, 4.69) is 0 Å². The van der Waals surface area contributed by atoms with Gasteiger partial charge < -0.3 is 15.9 Å². The number of aromatic hydroxyl groups is 2. The molecule has 3 aromatic carbocycles. The number of aryl methyl sites for hydroxylation is 2. The predicted octanol–water partition coefficient (Wildman–Crippen LogP) is 1.78. The minimum Gasteiger partial charge on any atom is -0.508 e. The van der Waals surface area contributed by atoms with Crippen LogP contribution in [0.2, 0.25) is 0 Å². The van der Waals surface area contributed by atoms with Gasteiger partial charge in [0.1, 0.15) is 11.5 Å². The summed E-state index contributed by atoms with van der Waals surface area (Å²) in [5.74, 6) is -0.958. The first-order valence-corrected chi connectivity index (χ1v) is 9.60. The van der Waals surface area contributed by atoms with Crippen LogP contribution >= 0.6 is 0 Å². The maximum absolute atomic E-state index is 11.9. The summed E-state index contributed by atoms with van der Waals surface area (Å²) in [5, 5.41) is 26.4. The Balaban J connectivity index is 2.01. The number of fused-ring (bicyclic) bond motifs is 1. The SMILES string of the molecule is NC(=O)c1c(O)cc2ccc(O)cc2c1CCc1ccc(S(N)(=O)=O)cc1. The fourth-order valence-electron chi connectivity index (χ4n) is 3.09. The van der Waals surface area contributed by atoms with E-state index in [4.69, 9.17) is 10.9 Å². The topological polar surface area (TPSA) is 144 Å². The molecule has 0 bridgehead atoms. The van der Waals surface area contributed by atoms with Gasteiger partial charge in [-0.3, -0.25) is 4.79 Å². The van der Waals surface area contributed by atoms with Gasteiger partial charge in [-0.15, -0.1) is 0 Å². The van der Waals surface area contributed by atoms with Gasteiger partial charge in [0.25, 0.3) is 5.91 Å². The van der Waals surface area contributed by atoms with Crippen LogP contribution in [0, 0.1) is 0 Å². The van der Waals surface area contributed by atoms with Crippen LogP contribution in [-0.2, 0) is 22.9 Å². The zero-order valence-electron chi connectivity index (χ0n) is 14.2. The first kappa shape index (κ1) is 18.7. The molecule has 3 aromatic rings. The smallest absolute Gasteiger partial charge is 0.252 e. The molecule has 0 saturated heterocycles. The number of carbonyl (C=O) groups excluding carboxylic acids is 1. The molecule has 3 rings (SSSR count). The van der Waals surface area contributed by atoms with Crippen molar-refractivity contribution >= 4 is 26.7 Å². The molecule has 0 aromatic heterocycles. The molecule has 0 aliphatic heterocycles. The summed E-state index contributed by atoms with van der Waals surface area (Å²) in [6, 6.07) is 12.2. The highest BCUT2D eigenvalue weighted by atomic mass is 32.2. The molecule has 0 atom stereocenters. The van der Waals surface area contributed by atoms with E-state index in [0.29, 0.717) is 29.2 Å². The Bertz CT molecular complexity index is 1140. The van der Waals surface area contributed by atoms with Crippen molar-refractivity contribution in [1.29, 1.82) is 0 Å². The molecular formula is C19H18N2O5S. The Kier molecular flexibility index (Phi) is 4.77. The number of benzene rings is 3. The van der Waals surface area contributed by atoms with Crippen molar-refractivity contribution in [2.75, 3.05) is 0 Å². The molecule has 0 saturated carbocycles. The molecule has 0 radical (unpaired) electrons. The lowest BCUT2D eigenvalue weighted by Crippen LogP contribution is -2.15. The fraction of sp³-hybridized carbons (Fsp3) is 0.105. The molecule has 140 valence electrons. The number of nitrogens with two attached hydrogens (primary N) is 2. The maximum Gasteiger partial charge on any atom is 0.252 e. The number of primary sulfonamides is 1. The second-order valence-corrected chi connectivity index (χ2v) is 7.77. The summed E-state index contributed by atoms with van der Waals surface area (Å²) in [6.45, 7) is 0. The molecule has 0 aliphatic rings. The first-order chi connectivity index (χ1) is 12.7. The van der Waals surface area contributed by atoms with Gasteiger partial charge in [0.2, 0.25) is 10.0 Å². The highest BCUT2D eigenvalue weighted by Gasteiger charge is 2.18. The average Bonchev–Trinajstić information content (AvgIpc) is 2.59. The molecule has 0 spiro atoms. The van der Waals surface area contributed by atoms with Gasteiger partial charge in [-0.05, 0) is 65.1 Å². The summed E-state index contributed by atoms with van der Waals surface area (Å²) in [5.41, 5.74) is 6.78. The molecule has 0 fully saturated rings. The number of hydrogen-bond acceptors (Lipinski definition) is 5. The number of sulfonamides is 1. The molecule has 0 heterocycles. The number of amides is 1. The summed E-state index contributed by atoms with van der Waals surface area (Å²) >= 11 is 0. The average molecular weight is 386 g/mol. The Labute approximate surface area is 155 Å². The van der Waals surface area contributed by atoms with Crippen LogP contribution in [-0.4, -0.2) is 24.5 Å². The van der Waals surface area contributed by atoms with E-state index in [1.54, 1.807) is 18.2 Å². The van der Waals surface area contributed by atoms with Crippen LogP contribution in [0.25, 0.3) is 10.8 Å². The van der Waals surface area contributed by atoms with E-state index in [0.717, 1.165) is 5.56 Å². The highest BCUT2D eigenvalue weighted by molar-refractivity contribution is 7.89. The zero-order valence-corrected chi connectivity index (χ0v) is 15.0. The van der Waals surface area contributed by atoms with Gasteiger partial charge in [-0.25, -0.2) is 13.6 Å². The molecule has 1 amide bonds. The van der Waals surface area contributed by atoms with Crippen molar-refractivity contribution in [3.63, 3.8) is 0 Å². The number of rotatable bonds is 5. The second-order valence-electron chi connectivity index (χ2n) is 6.21. The zero-order chi connectivity index (χ0) is 19.8. The van der Waals surface area contributed by atoms with E-state index < -0.39 is 15.9 Å². The van der Waals surface area contributed by atoms with E-state index in [1.165, 1.54) is 30.3 Å². The van der Waals surface area contributed by atoms with E-state index in [-0.39, 0.29) is 22.0 Å². The molecular weight excluding hydrogens is 368 g/mol. The van der Waals surface area contributed by atoms with Crippen LogP contribution in [0.3, 0.4) is 0 Å². The Morgan fingerprint density at radius 2 is 1.63 bits per heavy atom. The van der Waals surface area contributed by atoms with Crippen LogP contribution < -0.4 is 10.9 Å². The van der Waals surface area contributed by atoms with Gasteiger partial charge >= 0.3 is 0 Å². The molecule has 27 heavy (non-hydrogen) atoms. The van der Waals surface area contributed by atoms with Gasteiger partial charge in [0, 0.05) is 0 Å². The lowest BCUT2D eigenvalue weighted by molar-refractivity contribution is 0.0997. The van der Waals surface area contributed by atoms with E-state index in [9.17, 15) is 23.4 Å². The summed E-state index contributed by atoms with van der Waals surface area (Å²) < 4.78 is 22.7. The van der Waals surface area contributed by atoms with Crippen molar-refractivity contribution in [3.05, 3.63) is 65.2 Å². The minimum absolute atomic E-state index is 0.00857. The van der Waals surface area contributed by atoms with E-state index in [1.807, 2.05) is 0 Å². The predicted molar refractivity (Wildman–Crippen MR) is 101 cm³/mol. The highest BCUT2D eigenvalue weighted by Crippen LogP contribution is 2.33. The summed E-state index contributed by atoms with van der Waals surface area (Å²) in [4.78, 5) is 11.9. The third-order valence-corrected chi connectivity index (χ3v) is 5.30. The Morgan fingerprint density at radius 3 is 2.22 bits per heavy atom. The number of hydrogen-bond donors (Lipinski definition) is 4. The summed E-state index contributed by atoms with van der Waals surface area (Å²) in [7, 11) is -3.77. The van der Waals surface area contributed by atoms with Gasteiger partial charge in [-0.1, -0.05) is 18.2 Å². The standard InChI is InChI=1S/C19H18N2O5S/c20-19(24)18-15(16-10-13(22)5-4-12(16)9-17(18)23)8-3-11-1-6-14(7-2-11)27(21,25)26/h1-2,4-7,9-10,22-23H,3,8H2,(H2,20,24)(H2,21,25,26). The van der Waals surface area contributed by atoms with Crippen molar-refractivity contribution in [1.82, 2.24) is 0 Å². The van der Waals surface area contributed by atoms with Crippen molar-refractivity contribution in [2.24, 2.45) is 10.9 Å². The molecule has 0 unspecified atom stereocenters. The number of carbonyl (C=O) groups is 1. The number of phenols is 2. The number of phenolic OH excluding ortho intramolecular Hbond substituents is 1. The van der Waals surface area contributed by atoms with Crippen LogP contribution in [0.5, 0.6) is 11.5 Å². The Hall–Kier alpha value is -3.10. The monoisotopic (exact) mass is 386 g/mol. The third kappa shape index (κ3) is 3.86. The van der Waals surface area contributed by atoms with Crippen LogP contribution in [0.1, 0.15) is 21.5 Å². The van der Waals surface area contributed by atoms with Gasteiger partial charge in [0.05, 0.1) is 10.5 Å². The quantitative estimate of drug-likeness (QED) is 0.528. The first-order valence-electron chi connectivity index (χ1n) is 8.06. The molecule has 8 heteroatoms. The van der Waals surface area contributed by atoms with E-state index >= 15 is 0 Å². The molecule has 6 N–H and O–H groups in total. The lowest BCUT2D eigenvalue weighted by atomic mass is 9.92. The molecule has 0 aliphatic carbocycles. The second kappa shape index (κ2) is 6.90. The lowest BCUT2D eigenvalue weighted by Gasteiger charge is -2.14. The fourth-order valence-corrected chi connectivity index (χ4v) is 3.61. The number of primary amides is 1. The third-order valence-electron chi connectivity index (χ3n) is 4.37. The minimum atomic E-state index is -3.77. The van der Waals surface area contributed by atoms with Crippen LogP contribution in [0.15, 0.2) is 53.4 Å². The summed E-state index contributed by atoms with van der Waals surface area (Å²) in [6.07, 6.45) is 0.806. The molecule has 7 nitrogen and oxygen atoms in total. The van der Waals surface area contributed by atoms with Gasteiger partial charge in [-0.2, -0.15) is 0 Å². The van der Waals surface area contributed by atoms with Crippen LogP contribution in [0.4, 0.5) is 0 Å². The largest absolute Gasteiger partial charge is 0.508 e. The normalized spacial score (nSPS) is 11.6. The van der Waals surface area contributed by atoms with Crippen molar-refractivity contribution in [2.45, 2.75) is 17.7 Å². The Morgan fingerprint density at radius 1 is 0.963 bits per heavy atom.